The van der Waals surface area contributed by atoms with Crippen LogP contribution in [0.1, 0.15) is 84.9 Å². The molecule has 7 atom stereocenters. The van der Waals surface area contributed by atoms with E-state index in [1.54, 1.807) is 18.2 Å². The van der Waals surface area contributed by atoms with Gasteiger partial charge in [0.05, 0.1) is 41.6 Å². The number of nitrogens with one attached hydrogen (secondary N) is 2. The van der Waals surface area contributed by atoms with Gasteiger partial charge in [-0.3, -0.25) is 19.8 Å². The lowest BCUT2D eigenvalue weighted by molar-refractivity contribution is -0.0413. The van der Waals surface area contributed by atoms with E-state index in [0.717, 1.165) is 4.90 Å². The third-order valence-corrected chi connectivity index (χ3v) is 7.53. The molecule has 39 heavy (non-hydrogen) atoms. The van der Waals surface area contributed by atoms with E-state index < -0.39 is 54.7 Å². The summed E-state index contributed by atoms with van der Waals surface area (Å²) in [5.41, 5.74) is 6.32. The van der Waals surface area contributed by atoms with Crippen LogP contribution in [0, 0.1) is 0 Å². The van der Waals surface area contributed by atoms with Gasteiger partial charge in [0.25, 0.3) is 11.8 Å². The molecule has 0 bridgehead atoms. The summed E-state index contributed by atoms with van der Waals surface area (Å²) in [5.74, 6) is -1.01. The number of carbonyl (C=O) groups is 2. The molecule has 12 nitrogen and oxygen atoms in total. The quantitative estimate of drug-likeness (QED) is 0.121. The van der Waals surface area contributed by atoms with Gasteiger partial charge in [-0.25, -0.2) is 0 Å². The fraction of sp³-hybridized carbons (Fsp3) is 0.704. The summed E-state index contributed by atoms with van der Waals surface area (Å²) in [5, 5.41) is 66.0. The maximum atomic E-state index is 13.2. The Bertz CT molecular complexity index is 950. The highest BCUT2D eigenvalue weighted by Crippen LogP contribution is 2.33. The third-order valence-electron chi connectivity index (χ3n) is 7.53. The number of rotatable bonds is 16. The Morgan fingerprint density at radius 2 is 1.41 bits per heavy atom. The lowest BCUT2D eigenvalue weighted by atomic mass is 9.99. The van der Waals surface area contributed by atoms with Gasteiger partial charge in [0.2, 0.25) is 0 Å². The fourth-order valence-electron chi connectivity index (χ4n) is 5.20. The molecule has 10 N–H and O–H groups in total. The first kappa shape index (κ1) is 31.4. The number of piperidine rings is 1. The molecule has 1 fully saturated rings. The van der Waals surface area contributed by atoms with Gasteiger partial charge in [-0.1, -0.05) is 6.07 Å². The topological polar surface area (TPSA) is 209 Å². The van der Waals surface area contributed by atoms with Crippen LogP contribution in [0.15, 0.2) is 18.2 Å². The van der Waals surface area contributed by atoms with Gasteiger partial charge in [0.1, 0.15) is 12.5 Å². The molecule has 0 radical (unpaired) electrons. The highest BCUT2D eigenvalue weighted by Gasteiger charge is 2.45. The zero-order valence-corrected chi connectivity index (χ0v) is 22.3. The van der Waals surface area contributed by atoms with Crippen molar-refractivity contribution in [3.05, 3.63) is 29.3 Å². The van der Waals surface area contributed by atoms with Crippen molar-refractivity contribution in [1.29, 1.82) is 0 Å². The van der Waals surface area contributed by atoms with Crippen LogP contribution in [-0.4, -0.2) is 103 Å². The Labute approximate surface area is 228 Å². The summed E-state index contributed by atoms with van der Waals surface area (Å²) in [6, 6.07) is 4.12. The Morgan fingerprint density at radius 3 is 1.97 bits per heavy atom. The Kier molecular flexibility index (Phi) is 12.1. The molecule has 2 aliphatic rings. The molecule has 2 aliphatic heterocycles. The molecule has 0 saturated carbocycles. The van der Waals surface area contributed by atoms with Crippen molar-refractivity contribution in [2.75, 3.05) is 18.4 Å². The maximum Gasteiger partial charge on any atom is 0.264 e. The molecule has 12 heteroatoms. The largest absolute Gasteiger partial charge is 0.393 e. The second-order valence-corrected chi connectivity index (χ2v) is 10.6. The first-order valence-corrected chi connectivity index (χ1v) is 13.9. The zero-order chi connectivity index (χ0) is 28.5. The van der Waals surface area contributed by atoms with Gasteiger partial charge in [-0.15, -0.1) is 0 Å². The van der Waals surface area contributed by atoms with Gasteiger partial charge in [-0.05, 0) is 82.9 Å². The second kappa shape index (κ2) is 15.0. The minimum absolute atomic E-state index is 0.222. The van der Waals surface area contributed by atoms with Gasteiger partial charge in [0, 0.05) is 12.2 Å². The molecule has 3 rings (SSSR count). The van der Waals surface area contributed by atoms with Crippen molar-refractivity contribution < 1.29 is 40.2 Å². The number of aliphatic hydroxyl groups is 6. The van der Waals surface area contributed by atoms with Gasteiger partial charge < -0.3 is 41.7 Å². The van der Waals surface area contributed by atoms with E-state index in [0.29, 0.717) is 76.6 Å². The Balaban J connectivity index is 1.42. The van der Waals surface area contributed by atoms with E-state index in [2.05, 4.69) is 10.6 Å². The number of nitrogens with zero attached hydrogens (tertiary/aromatic N) is 1. The van der Waals surface area contributed by atoms with Crippen molar-refractivity contribution >= 4 is 17.5 Å². The van der Waals surface area contributed by atoms with Gasteiger partial charge >= 0.3 is 0 Å². The normalized spacial score (nSPS) is 24.4. The van der Waals surface area contributed by atoms with E-state index in [1.165, 1.54) is 0 Å². The fourth-order valence-corrected chi connectivity index (χ4v) is 5.20. The smallest absolute Gasteiger partial charge is 0.264 e. The van der Waals surface area contributed by atoms with Crippen molar-refractivity contribution in [3.63, 3.8) is 0 Å². The molecular formula is C27H44N4O8. The summed E-state index contributed by atoms with van der Waals surface area (Å²) in [4.78, 5) is 27.2. The van der Waals surface area contributed by atoms with E-state index in [-0.39, 0.29) is 17.5 Å². The molecule has 7 unspecified atom stereocenters. The standard InChI is InChI=1S/C27H44N4O8/c28-14-12-18(34)8-6-16(32)4-5-17(33)7-9-19(35)13-15-29-21-3-1-2-20-24(21)27(39)31(26(20)38)22-10-11-23(36)30-25(22)37/h1-3,16-19,22-23,25,29-30,32-37H,4-15,28H2. The summed E-state index contributed by atoms with van der Waals surface area (Å²) in [6.07, 6.45) is -0.726. The van der Waals surface area contributed by atoms with Crippen molar-refractivity contribution in [2.24, 2.45) is 5.73 Å². The number of hydrogen-bond donors (Lipinski definition) is 9. The monoisotopic (exact) mass is 552 g/mol. The van der Waals surface area contributed by atoms with E-state index in [9.17, 15) is 40.2 Å². The first-order chi connectivity index (χ1) is 18.6. The number of fused-ring (bicyclic) bond motifs is 1. The SMILES string of the molecule is NCCC(O)CCC(O)CCC(O)CCC(O)CCNc1cccc2c1C(=O)N(C1CCC(O)NC1O)C2=O. The van der Waals surface area contributed by atoms with Gasteiger partial charge in [0.15, 0.2) is 0 Å². The Morgan fingerprint density at radius 1 is 0.846 bits per heavy atom. The lowest BCUT2D eigenvalue weighted by Crippen LogP contribution is -2.58. The van der Waals surface area contributed by atoms with Crippen molar-refractivity contribution in [1.82, 2.24) is 10.2 Å². The highest BCUT2D eigenvalue weighted by atomic mass is 16.3. The van der Waals surface area contributed by atoms with Crippen LogP contribution in [0.4, 0.5) is 5.69 Å². The van der Waals surface area contributed by atoms with Crippen LogP contribution in [0.3, 0.4) is 0 Å². The number of amides is 2. The number of aliphatic hydroxyl groups excluding tert-OH is 6. The lowest BCUT2D eigenvalue weighted by Gasteiger charge is -2.36. The number of nitrogens with two attached hydrogens (primary N) is 1. The number of imide groups is 1. The average Bonchev–Trinajstić information content (AvgIpc) is 3.15. The molecule has 1 aromatic rings. The molecule has 0 aromatic heterocycles. The molecular weight excluding hydrogens is 508 g/mol. The van der Waals surface area contributed by atoms with Crippen LogP contribution in [0.25, 0.3) is 0 Å². The van der Waals surface area contributed by atoms with Crippen molar-refractivity contribution in [3.8, 4) is 0 Å². The first-order valence-electron chi connectivity index (χ1n) is 13.9. The number of carbonyl (C=O) groups excluding carboxylic acids is 2. The zero-order valence-electron chi connectivity index (χ0n) is 22.3. The maximum absolute atomic E-state index is 13.2. The molecule has 1 aromatic carbocycles. The summed E-state index contributed by atoms with van der Waals surface area (Å²) < 4.78 is 0. The van der Waals surface area contributed by atoms with Crippen LogP contribution in [0.2, 0.25) is 0 Å². The number of anilines is 1. The highest BCUT2D eigenvalue weighted by molar-refractivity contribution is 6.24. The van der Waals surface area contributed by atoms with Crippen LogP contribution < -0.4 is 16.4 Å². The van der Waals surface area contributed by atoms with E-state index >= 15 is 0 Å². The molecule has 0 aliphatic carbocycles. The average molecular weight is 553 g/mol. The predicted molar refractivity (Wildman–Crippen MR) is 144 cm³/mol. The molecule has 1 saturated heterocycles. The van der Waals surface area contributed by atoms with E-state index in [1.807, 2.05) is 0 Å². The minimum atomic E-state index is -1.23. The number of benzene rings is 1. The molecule has 220 valence electrons. The predicted octanol–water partition coefficient (Wildman–Crippen LogP) is -0.394. The summed E-state index contributed by atoms with van der Waals surface area (Å²) >= 11 is 0. The second-order valence-electron chi connectivity index (χ2n) is 10.6. The number of hydrogen-bond acceptors (Lipinski definition) is 11. The Hall–Kier alpha value is -2.16. The molecule has 2 heterocycles. The van der Waals surface area contributed by atoms with Crippen LogP contribution >= 0.6 is 0 Å². The molecule has 2 amide bonds. The summed E-state index contributed by atoms with van der Waals surface area (Å²) in [6.45, 7) is 0.729. The summed E-state index contributed by atoms with van der Waals surface area (Å²) in [7, 11) is 0. The molecule has 0 spiro atoms. The minimum Gasteiger partial charge on any atom is -0.393 e. The third kappa shape index (κ3) is 8.66. The van der Waals surface area contributed by atoms with Crippen LogP contribution in [0.5, 0.6) is 0 Å². The van der Waals surface area contributed by atoms with Crippen LogP contribution in [-0.2, 0) is 0 Å². The van der Waals surface area contributed by atoms with E-state index in [4.69, 9.17) is 5.73 Å². The van der Waals surface area contributed by atoms with Gasteiger partial charge in [-0.2, -0.15) is 0 Å². The van der Waals surface area contributed by atoms with Crippen molar-refractivity contribution in [2.45, 2.75) is 107 Å².